The summed E-state index contributed by atoms with van der Waals surface area (Å²) in [4.78, 5) is 24.6. The zero-order valence-electron chi connectivity index (χ0n) is 14.4. The van der Waals surface area contributed by atoms with Crippen LogP contribution >= 0.6 is 0 Å². The summed E-state index contributed by atoms with van der Waals surface area (Å²) in [6.45, 7) is 3.57. The zero-order chi connectivity index (χ0) is 17.6. The number of carbonyl (C=O) groups excluding carboxylic acids is 1. The molecule has 0 saturated heterocycles. The Labute approximate surface area is 146 Å². The van der Waals surface area contributed by atoms with Crippen LogP contribution in [0.5, 0.6) is 0 Å². The minimum absolute atomic E-state index is 0.0313. The summed E-state index contributed by atoms with van der Waals surface area (Å²) in [5, 5.41) is 2.93. The Balaban J connectivity index is 1.60. The normalized spacial score (nSPS) is 10.9. The fourth-order valence-corrected chi connectivity index (χ4v) is 3.09. The molecule has 1 amide bonds. The van der Waals surface area contributed by atoms with Crippen LogP contribution < -0.4 is 11.0 Å². The van der Waals surface area contributed by atoms with Crippen LogP contribution in [0.15, 0.2) is 59.4 Å². The fraction of sp³-hybridized carbons (Fsp3) is 0.300. The lowest BCUT2D eigenvalue weighted by Crippen LogP contribution is -2.29. The largest absolute Gasteiger partial charge is 0.356 e. The van der Waals surface area contributed by atoms with E-state index in [1.165, 1.54) is 5.56 Å². The number of fused-ring (bicyclic) bond motifs is 1. The molecule has 130 valence electrons. The molecule has 0 unspecified atom stereocenters. The Morgan fingerprint density at radius 1 is 0.960 bits per heavy atom. The number of nitrogens with zero attached hydrogens (tertiary/aromatic N) is 2. The predicted molar refractivity (Wildman–Crippen MR) is 99.6 cm³/mol. The molecule has 1 N–H and O–H groups in total. The second-order valence-corrected chi connectivity index (χ2v) is 6.00. The third kappa shape index (κ3) is 3.82. The van der Waals surface area contributed by atoms with E-state index >= 15 is 0 Å². The van der Waals surface area contributed by atoms with Crippen LogP contribution in [-0.4, -0.2) is 21.6 Å². The van der Waals surface area contributed by atoms with Gasteiger partial charge in [0.15, 0.2) is 0 Å². The molecule has 5 heteroatoms. The van der Waals surface area contributed by atoms with Gasteiger partial charge in [-0.1, -0.05) is 42.5 Å². The molecule has 1 heterocycles. The van der Waals surface area contributed by atoms with Crippen LogP contribution in [0, 0.1) is 0 Å². The van der Waals surface area contributed by atoms with Crippen LogP contribution in [0.2, 0.25) is 0 Å². The van der Waals surface area contributed by atoms with E-state index in [2.05, 4.69) is 5.32 Å². The first-order chi connectivity index (χ1) is 12.2. The van der Waals surface area contributed by atoms with Crippen LogP contribution in [0.1, 0.15) is 18.9 Å². The van der Waals surface area contributed by atoms with E-state index < -0.39 is 0 Å². The minimum atomic E-state index is -0.0548. The molecule has 0 aliphatic carbocycles. The van der Waals surface area contributed by atoms with Crippen molar-refractivity contribution < 1.29 is 4.79 Å². The lowest BCUT2D eigenvalue weighted by Gasteiger charge is -2.06. The Morgan fingerprint density at radius 2 is 1.60 bits per heavy atom. The number of hydrogen-bond acceptors (Lipinski definition) is 2. The predicted octanol–water partition coefficient (Wildman–Crippen LogP) is 2.57. The third-order valence-corrected chi connectivity index (χ3v) is 4.38. The second-order valence-electron chi connectivity index (χ2n) is 6.00. The molecule has 5 nitrogen and oxygen atoms in total. The van der Waals surface area contributed by atoms with Gasteiger partial charge in [-0.15, -0.1) is 0 Å². The summed E-state index contributed by atoms with van der Waals surface area (Å²) in [5.41, 5.74) is 2.94. The molecule has 0 radical (unpaired) electrons. The molecule has 3 rings (SSSR count). The highest BCUT2D eigenvalue weighted by molar-refractivity contribution is 5.78. The van der Waals surface area contributed by atoms with Crippen molar-refractivity contribution >= 4 is 16.9 Å². The van der Waals surface area contributed by atoms with Crippen LogP contribution in [0.3, 0.4) is 0 Å². The first-order valence-electron chi connectivity index (χ1n) is 8.69. The second kappa shape index (κ2) is 7.83. The van der Waals surface area contributed by atoms with Gasteiger partial charge >= 0.3 is 5.69 Å². The zero-order valence-corrected chi connectivity index (χ0v) is 14.4. The van der Waals surface area contributed by atoms with E-state index in [1.54, 1.807) is 9.13 Å². The number of benzene rings is 2. The Hall–Kier alpha value is -2.82. The van der Waals surface area contributed by atoms with Crippen LogP contribution in [0.25, 0.3) is 11.0 Å². The van der Waals surface area contributed by atoms with E-state index in [0.717, 1.165) is 17.5 Å². The first-order valence-corrected chi connectivity index (χ1v) is 8.69. The SMILES string of the molecule is CCn1c(=O)n(CCC(=O)NCCc2ccccc2)c2ccccc21. The van der Waals surface area contributed by atoms with Gasteiger partial charge in [0.2, 0.25) is 5.91 Å². The molecule has 0 fully saturated rings. The summed E-state index contributed by atoms with van der Waals surface area (Å²) >= 11 is 0. The lowest BCUT2D eigenvalue weighted by molar-refractivity contribution is -0.121. The standard InChI is InChI=1S/C20H23N3O2/c1-2-22-17-10-6-7-11-18(17)23(20(22)25)15-13-19(24)21-14-12-16-8-4-3-5-9-16/h3-11H,2,12-15H2,1H3,(H,21,24). The number of rotatable bonds is 7. The number of aromatic nitrogens is 2. The van der Waals surface area contributed by atoms with Crippen LogP contribution in [0.4, 0.5) is 0 Å². The molecule has 0 bridgehead atoms. The van der Waals surface area contributed by atoms with E-state index in [-0.39, 0.29) is 11.6 Å². The van der Waals surface area contributed by atoms with Gasteiger partial charge in [-0.3, -0.25) is 13.9 Å². The number of carbonyl (C=O) groups is 1. The molecule has 25 heavy (non-hydrogen) atoms. The molecule has 0 spiro atoms. The average molecular weight is 337 g/mol. The molecule has 1 aromatic heterocycles. The van der Waals surface area contributed by atoms with Crippen molar-refractivity contribution in [1.82, 2.24) is 14.5 Å². The van der Waals surface area contributed by atoms with Crippen molar-refractivity contribution in [3.8, 4) is 0 Å². The summed E-state index contributed by atoms with van der Waals surface area (Å²) in [7, 11) is 0. The number of aryl methyl sites for hydroxylation is 2. The Bertz CT molecular complexity index is 910. The molecular weight excluding hydrogens is 314 g/mol. The molecule has 3 aromatic rings. The van der Waals surface area contributed by atoms with Crippen molar-refractivity contribution in [1.29, 1.82) is 0 Å². The maximum Gasteiger partial charge on any atom is 0.329 e. The van der Waals surface area contributed by atoms with E-state index in [4.69, 9.17) is 0 Å². The lowest BCUT2D eigenvalue weighted by atomic mass is 10.1. The van der Waals surface area contributed by atoms with Gasteiger partial charge in [-0.05, 0) is 31.0 Å². The maximum atomic E-state index is 12.5. The third-order valence-electron chi connectivity index (χ3n) is 4.38. The summed E-state index contributed by atoms with van der Waals surface area (Å²) in [6.07, 6.45) is 1.11. The quantitative estimate of drug-likeness (QED) is 0.720. The van der Waals surface area contributed by atoms with Gasteiger partial charge in [0.1, 0.15) is 0 Å². The number of para-hydroxylation sites is 2. The van der Waals surface area contributed by atoms with Gasteiger partial charge < -0.3 is 5.32 Å². The first kappa shape index (κ1) is 17.0. The Morgan fingerprint density at radius 3 is 2.28 bits per heavy atom. The summed E-state index contributed by atoms with van der Waals surface area (Å²) in [5.74, 6) is -0.0313. The maximum absolute atomic E-state index is 12.5. The molecule has 0 aliphatic rings. The topological polar surface area (TPSA) is 56.0 Å². The van der Waals surface area contributed by atoms with Crippen molar-refractivity contribution in [2.75, 3.05) is 6.54 Å². The van der Waals surface area contributed by atoms with E-state index in [0.29, 0.717) is 26.1 Å². The Kier molecular flexibility index (Phi) is 5.33. The number of hydrogen-bond donors (Lipinski definition) is 1. The molecule has 0 saturated carbocycles. The molecule has 0 atom stereocenters. The number of nitrogens with one attached hydrogen (secondary N) is 1. The van der Waals surface area contributed by atoms with Crippen molar-refractivity contribution in [2.24, 2.45) is 0 Å². The minimum Gasteiger partial charge on any atom is -0.356 e. The van der Waals surface area contributed by atoms with E-state index in [9.17, 15) is 9.59 Å². The smallest absolute Gasteiger partial charge is 0.329 e. The molecular formula is C20H23N3O2. The highest BCUT2D eigenvalue weighted by atomic mass is 16.2. The monoisotopic (exact) mass is 337 g/mol. The highest BCUT2D eigenvalue weighted by Gasteiger charge is 2.12. The van der Waals surface area contributed by atoms with E-state index in [1.807, 2.05) is 61.5 Å². The number of imidazole rings is 1. The van der Waals surface area contributed by atoms with Crippen LogP contribution in [-0.2, 0) is 24.3 Å². The summed E-state index contributed by atoms with van der Waals surface area (Å²) in [6, 6.07) is 17.8. The van der Waals surface area contributed by atoms with Gasteiger partial charge in [0, 0.05) is 26.1 Å². The average Bonchev–Trinajstić information content (AvgIpc) is 2.91. The fourth-order valence-electron chi connectivity index (χ4n) is 3.09. The number of amides is 1. The highest BCUT2D eigenvalue weighted by Crippen LogP contribution is 2.12. The molecule has 0 aliphatic heterocycles. The van der Waals surface area contributed by atoms with Crippen molar-refractivity contribution in [2.45, 2.75) is 32.9 Å². The van der Waals surface area contributed by atoms with Crippen molar-refractivity contribution in [3.05, 3.63) is 70.6 Å². The molecule has 2 aromatic carbocycles. The summed E-state index contributed by atoms with van der Waals surface area (Å²) < 4.78 is 3.43. The van der Waals surface area contributed by atoms with Gasteiger partial charge in [0.05, 0.1) is 11.0 Å². The van der Waals surface area contributed by atoms with Gasteiger partial charge in [0.25, 0.3) is 0 Å². The van der Waals surface area contributed by atoms with Crippen molar-refractivity contribution in [3.63, 3.8) is 0 Å². The van der Waals surface area contributed by atoms with Gasteiger partial charge in [-0.25, -0.2) is 4.79 Å². The van der Waals surface area contributed by atoms with Gasteiger partial charge in [-0.2, -0.15) is 0 Å².